The molecule has 3 heteroatoms. The molecule has 0 saturated heterocycles. The van der Waals surface area contributed by atoms with Gasteiger partial charge in [-0.05, 0) is 24.1 Å². The normalized spacial score (nSPS) is 11.5. The molecule has 0 aliphatic rings. The largest absolute Gasteiger partial charge is 0.343 e. The van der Waals surface area contributed by atoms with Crippen molar-refractivity contribution in [2.24, 2.45) is 4.99 Å². The van der Waals surface area contributed by atoms with Crippen LogP contribution in [0.15, 0.2) is 71.9 Å². The van der Waals surface area contributed by atoms with E-state index < -0.39 is 0 Å². The Morgan fingerprint density at radius 1 is 0.875 bits per heavy atom. The number of benzene rings is 2. The maximum atomic E-state index is 4.81. The summed E-state index contributed by atoms with van der Waals surface area (Å²) in [5, 5.41) is 2.35. The minimum atomic E-state index is 0. The number of hydrogen-bond donors (Lipinski definition) is 0. The smallest absolute Gasteiger partial charge is 0.0682 e. The zero-order chi connectivity index (χ0) is 15.9. The lowest BCUT2D eigenvalue weighted by Gasteiger charge is -2.11. The predicted molar refractivity (Wildman–Crippen MR) is 105 cm³/mol. The summed E-state index contributed by atoms with van der Waals surface area (Å²) in [5.74, 6) is 0. The first kappa shape index (κ1) is 18.3. The summed E-state index contributed by atoms with van der Waals surface area (Å²) in [6.07, 6.45) is 5.82. The Morgan fingerprint density at radius 3 is 2.42 bits per heavy atom. The lowest BCUT2D eigenvalue weighted by molar-refractivity contribution is 0.720. The number of fused-ring (bicyclic) bond motifs is 1. The van der Waals surface area contributed by atoms with E-state index in [9.17, 15) is 0 Å². The molecule has 1 heterocycles. The van der Waals surface area contributed by atoms with E-state index in [1.807, 2.05) is 0 Å². The number of pyridine rings is 1. The van der Waals surface area contributed by atoms with Gasteiger partial charge in [0.1, 0.15) is 0 Å². The second-order valence-corrected chi connectivity index (χ2v) is 5.92. The molecule has 0 amide bonds. The van der Waals surface area contributed by atoms with Crippen LogP contribution in [-0.4, -0.2) is 11.1 Å². The monoisotopic (exact) mass is 340 g/mol. The van der Waals surface area contributed by atoms with Crippen molar-refractivity contribution in [3.8, 4) is 0 Å². The van der Waals surface area contributed by atoms with Crippen molar-refractivity contribution >= 4 is 23.3 Å². The number of halogens is 1. The van der Waals surface area contributed by atoms with Crippen LogP contribution in [0.2, 0.25) is 0 Å². The topological polar surface area (TPSA) is 17.3 Å². The summed E-state index contributed by atoms with van der Waals surface area (Å²) < 4.78 is 2.30. The van der Waals surface area contributed by atoms with Crippen molar-refractivity contribution in [3.05, 3.63) is 77.8 Å². The van der Waals surface area contributed by atoms with Gasteiger partial charge < -0.3 is 4.57 Å². The fourth-order valence-electron chi connectivity index (χ4n) is 2.89. The Bertz CT molecular complexity index is 822. The fraction of sp³-hybridized carbons (Fsp3) is 0.286. The van der Waals surface area contributed by atoms with Crippen molar-refractivity contribution in [1.29, 1.82) is 0 Å². The van der Waals surface area contributed by atoms with Gasteiger partial charge in [-0.1, -0.05) is 68.3 Å². The van der Waals surface area contributed by atoms with Crippen LogP contribution < -0.4 is 5.36 Å². The van der Waals surface area contributed by atoms with E-state index in [4.69, 9.17) is 4.99 Å². The molecule has 2 nitrogen and oxygen atoms in total. The van der Waals surface area contributed by atoms with E-state index in [1.54, 1.807) is 0 Å². The van der Waals surface area contributed by atoms with Gasteiger partial charge in [0.15, 0.2) is 0 Å². The second kappa shape index (κ2) is 9.29. The molecule has 0 bridgehead atoms. The lowest BCUT2D eigenvalue weighted by atomic mass is 10.1. The zero-order valence-corrected chi connectivity index (χ0v) is 15.0. The molecule has 1 aromatic heterocycles. The average Bonchev–Trinajstić information content (AvgIpc) is 2.61. The molecule has 0 spiro atoms. The first-order valence-corrected chi connectivity index (χ1v) is 8.51. The summed E-state index contributed by atoms with van der Waals surface area (Å²) in [6, 6.07) is 21.3. The Morgan fingerprint density at radius 2 is 1.62 bits per heavy atom. The van der Waals surface area contributed by atoms with Crippen molar-refractivity contribution < 1.29 is 0 Å². The minimum absolute atomic E-state index is 0. The van der Waals surface area contributed by atoms with E-state index in [1.165, 1.54) is 35.7 Å². The van der Waals surface area contributed by atoms with Gasteiger partial charge in [0, 0.05) is 24.7 Å². The molecule has 0 saturated carbocycles. The van der Waals surface area contributed by atoms with Crippen LogP contribution in [0.1, 0.15) is 31.7 Å². The number of nitrogens with zero attached hydrogens (tertiary/aromatic N) is 2. The molecule has 3 aromatic rings. The number of hydrogen-bond acceptors (Lipinski definition) is 1. The van der Waals surface area contributed by atoms with Crippen LogP contribution >= 0.6 is 12.4 Å². The van der Waals surface area contributed by atoms with Crippen LogP contribution in [0.3, 0.4) is 0 Å². The highest BCUT2D eigenvalue weighted by molar-refractivity contribution is 5.85. The van der Waals surface area contributed by atoms with Crippen LogP contribution in [0.5, 0.6) is 0 Å². The van der Waals surface area contributed by atoms with Gasteiger partial charge in [-0.3, -0.25) is 4.99 Å². The van der Waals surface area contributed by atoms with E-state index in [0.29, 0.717) is 0 Å². The predicted octanol–water partition coefficient (Wildman–Crippen LogP) is 5.20. The van der Waals surface area contributed by atoms with Crippen LogP contribution in [-0.2, 0) is 6.54 Å². The molecule has 0 atom stereocenters. The first-order valence-electron chi connectivity index (χ1n) is 8.51. The van der Waals surface area contributed by atoms with E-state index in [2.05, 4.69) is 78.4 Å². The maximum Gasteiger partial charge on any atom is 0.0682 e. The van der Waals surface area contributed by atoms with Crippen molar-refractivity contribution in [3.63, 3.8) is 0 Å². The quantitative estimate of drug-likeness (QED) is 0.548. The molecule has 0 unspecified atom stereocenters. The van der Waals surface area contributed by atoms with Crippen molar-refractivity contribution in [2.75, 3.05) is 6.54 Å². The van der Waals surface area contributed by atoms with Gasteiger partial charge in [0.05, 0.1) is 10.9 Å². The SMILES string of the molecule is CCCCCN=c1ccn(Cc2ccccc2)c2ccccc12.Cl. The van der Waals surface area contributed by atoms with Gasteiger partial charge >= 0.3 is 0 Å². The second-order valence-electron chi connectivity index (χ2n) is 5.92. The molecular formula is C21H25ClN2. The molecule has 0 radical (unpaired) electrons. The zero-order valence-electron chi connectivity index (χ0n) is 14.2. The van der Waals surface area contributed by atoms with Gasteiger partial charge in [0.25, 0.3) is 0 Å². The van der Waals surface area contributed by atoms with Crippen molar-refractivity contribution in [2.45, 2.75) is 32.7 Å². The molecular weight excluding hydrogens is 316 g/mol. The van der Waals surface area contributed by atoms with Crippen molar-refractivity contribution in [1.82, 2.24) is 4.57 Å². The Hall–Kier alpha value is -2.06. The maximum absolute atomic E-state index is 4.81. The molecule has 24 heavy (non-hydrogen) atoms. The molecule has 0 fully saturated rings. The molecule has 3 rings (SSSR count). The highest BCUT2D eigenvalue weighted by atomic mass is 35.5. The third kappa shape index (κ3) is 4.48. The highest BCUT2D eigenvalue weighted by Crippen LogP contribution is 2.12. The average molecular weight is 341 g/mol. The van der Waals surface area contributed by atoms with Crippen LogP contribution in [0.25, 0.3) is 10.9 Å². The minimum Gasteiger partial charge on any atom is -0.343 e. The number of rotatable bonds is 6. The molecule has 0 aliphatic carbocycles. The van der Waals surface area contributed by atoms with E-state index in [-0.39, 0.29) is 12.4 Å². The van der Waals surface area contributed by atoms with Gasteiger partial charge in [0.2, 0.25) is 0 Å². The third-order valence-corrected chi connectivity index (χ3v) is 4.14. The standard InChI is InChI=1S/C21H24N2.ClH/c1-2-3-9-15-22-20-14-16-23(17-18-10-5-4-6-11-18)21-13-8-7-12-19(20)21;/h4-8,10-14,16H,2-3,9,15,17H2,1H3;1H. The summed E-state index contributed by atoms with van der Waals surface area (Å²) in [4.78, 5) is 4.81. The summed E-state index contributed by atoms with van der Waals surface area (Å²) in [5.41, 5.74) is 2.56. The summed E-state index contributed by atoms with van der Waals surface area (Å²) in [6.45, 7) is 4.03. The fourth-order valence-corrected chi connectivity index (χ4v) is 2.89. The third-order valence-electron chi connectivity index (χ3n) is 4.14. The number of unbranched alkanes of at least 4 members (excludes halogenated alkanes) is 2. The summed E-state index contributed by atoms with van der Waals surface area (Å²) >= 11 is 0. The molecule has 0 N–H and O–H groups in total. The lowest BCUT2D eigenvalue weighted by Crippen LogP contribution is -2.11. The molecule has 2 aromatic carbocycles. The first-order chi connectivity index (χ1) is 11.4. The van der Waals surface area contributed by atoms with E-state index >= 15 is 0 Å². The number of aromatic nitrogens is 1. The highest BCUT2D eigenvalue weighted by Gasteiger charge is 2.01. The van der Waals surface area contributed by atoms with Crippen LogP contribution in [0.4, 0.5) is 0 Å². The Balaban J connectivity index is 0.00000208. The Kier molecular flexibility index (Phi) is 7.07. The van der Waals surface area contributed by atoms with Crippen LogP contribution in [0, 0.1) is 0 Å². The Labute approximate surface area is 150 Å². The summed E-state index contributed by atoms with van der Waals surface area (Å²) in [7, 11) is 0. The van der Waals surface area contributed by atoms with Gasteiger partial charge in [-0.2, -0.15) is 0 Å². The van der Waals surface area contributed by atoms with Gasteiger partial charge in [-0.25, -0.2) is 0 Å². The molecule has 0 aliphatic heterocycles. The molecule has 126 valence electrons. The van der Waals surface area contributed by atoms with Gasteiger partial charge in [-0.15, -0.1) is 12.4 Å². The number of para-hydroxylation sites is 1. The van der Waals surface area contributed by atoms with E-state index in [0.717, 1.165) is 18.4 Å².